The molecule has 0 aliphatic carbocycles. The van der Waals surface area contributed by atoms with Crippen LogP contribution in [-0.4, -0.2) is 58.9 Å². The molecule has 108 valence electrons. The van der Waals surface area contributed by atoms with Gasteiger partial charge in [-0.25, -0.2) is 8.42 Å². The van der Waals surface area contributed by atoms with Gasteiger partial charge in [0.15, 0.2) is 0 Å². The molecule has 0 saturated heterocycles. The number of likely N-dealkylation sites (N-methyl/N-ethyl adjacent to an activating group) is 2. The van der Waals surface area contributed by atoms with Crippen molar-refractivity contribution in [3.8, 4) is 0 Å². The molecule has 1 aromatic carbocycles. The summed E-state index contributed by atoms with van der Waals surface area (Å²) in [6.45, 7) is 1.08. The van der Waals surface area contributed by atoms with Crippen LogP contribution < -0.4 is 11.1 Å². The van der Waals surface area contributed by atoms with Crippen LogP contribution in [-0.2, 0) is 10.0 Å². The van der Waals surface area contributed by atoms with Crippen molar-refractivity contribution in [3.05, 3.63) is 18.2 Å². The number of nitrogens with one attached hydrogen (secondary N) is 1. The van der Waals surface area contributed by atoms with Gasteiger partial charge in [-0.3, -0.25) is 0 Å². The fraction of sp³-hybridized carbons (Fsp3) is 0.500. The lowest BCUT2D eigenvalue weighted by molar-refractivity contribution is 0.358. The Morgan fingerprint density at radius 2 is 1.84 bits per heavy atom. The lowest BCUT2D eigenvalue weighted by atomic mass is 10.3. The standard InChI is InChI=1S/C12H22N4O2S/c1-14-11-6-5-10(13)9-12(11)19(17,18)16(4)8-7-15(2)3/h5-6,9,14H,7-8,13H2,1-4H3. The third kappa shape index (κ3) is 3.82. The molecule has 0 spiro atoms. The highest BCUT2D eigenvalue weighted by Gasteiger charge is 2.23. The van der Waals surface area contributed by atoms with Crippen LogP contribution in [0.25, 0.3) is 0 Å². The van der Waals surface area contributed by atoms with Crippen molar-refractivity contribution in [1.82, 2.24) is 9.21 Å². The molecule has 0 aliphatic heterocycles. The summed E-state index contributed by atoms with van der Waals surface area (Å²) in [7, 11) is 3.53. The molecule has 0 fully saturated rings. The number of hydrogen-bond acceptors (Lipinski definition) is 5. The van der Waals surface area contributed by atoms with Gasteiger partial charge >= 0.3 is 0 Å². The predicted molar refractivity (Wildman–Crippen MR) is 78.8 cm³/mol. The van der Waals surface area contributed by atoms with E-state index in [-0.39, 0.29) is 4.90 Å². The largest absolute Gasteiger partial charge is 0.399 e. The zero-order chi connectivity index (χ0) is 14.6. The summed E-state index contributed by atoms with van der Waals surface area (Å²) in [5.74, 6) is 0. The lowest BCUT2D eigenvalue weighted by Gasteiger charge is -2.21. The SMILES string of the molecule is CNc1ccc(N)cc1S(=O)(=O)N(C)CCN(C)C. The van der Waals surface area contributed by atoms with Gasteiger partial charge < -0.3 is 16.0 Å². The maximum absolute atomic E-state index is 12.5. The summed E-state index contributed by atoms with van der Waals surface area (Å²) >= 11 is 0. The fourth-order valence-corrected chi connectivity index (χ4v) is 2.98. The minimum Gasteiger partial charge on any atom is -0.399 e. The fourth-order valence-electron chi connectivity index (χ4n) is 1.59. The Labute approximate surface area is 115 Å². The van der Waals surface area contributed by atoms with Gasteiger partial charge in [-0.05, 0) is 32.3 Å². The van der Waals surface area contributed by atoms with Crippen LogP contribution in [0.3, 0.4) is 0 Å². The minimum atomic E-state index is -3.54. The van der Waals surface area contributed by atoms with E-state index in [2.05, 4.69) is 5.32 Å². The summed E-state index contributed by atoms with van der Waals surface area (Å²) in [5.41, 5.74) is 6.66. The second kappa shape index (κ2) is 6.23. The molecule has 1 rings (SSSR count). The first-order chi connectivity index (χ1) is 8.78. The Balaban J connectivity index is 3.09. The summed E-state index contributed by atoms with van der Waals surface area (Å²) in [4.78, 5) is 2.14. The van der Waals surface area contributed by atoms with E-state index in [0.29, 0.717) is 24.5 Å². The van der Waals surface area contributed by atoms with E-state index in [1.807, 2.05) is 19.0 Å². The smallest absolute Gasteiger partial charge is 0.244 e. The quantitative estimate of drug-likeness (QED) is 0.744. The molecule has 0 radical (unpaired) electrons. The zero-order valence-electron chi connectivity index (χ0n) is 11.8. The van der Waals surface area contributed by atoms with E-state index < -0.39 is 10.0 Å². The third-order valence-electron chi connectivity index (χ3n) is 2.83. The van der Waals surface area contributed by atoms with E-state index >= 15 is 0 Å². The van der Waals surface area contributed by atoms with Crippen LogP contribution in [0.4, 0.5) is 11.4 Å². The van der Waals surface area contributed by atoms with Crippen molar-refractivity contribution in [1.29, 1.82) is 0 Å². The number of benzene rings is 1. The van der Waals surface area contributed by atoms with Crippen LogP contribution in [0.15, 0.2) is 23.1 Å². The summed E-state index contributed by atoms with van der Waals surface area (Å²) in [6.07, 6.45) is 0. The minimum absolute atomic E-state index is 0.205. The Bertz CT molecular complexity index is 529. The number of anilines is 2. The van der Waals surface area contributed by atoms with Gasteiger partial charge in [0.2, 0.25) is 10.0 Å². The maximum Gasteiger partial charge on any atom is 0.244 e. The van der Waals surface area contributed by atoms with Gasteiger partial charge in [-0.1, -0.05) is 0 Å². The molecule has 0 heterocycles. The average molecular weight is 286 g/mol. The molecule has 0 bridgehead atoms. The summed E-state index contributed by atoms with van der Waals surface area (Å²) < 4.78 is 26.3. The average Bonchev–Trinajstić information content (AvgIpc) is 2.35. The van der Waals surface area contributed by atoms with Gasteiger partial charge in [0.05, 0.1) is 5.69 Å². The lowest BCUT2D eigenvalue weighted by Crippen LogP contribution is -2.33. The number of rotatable bonds is 6. The Hall–Kier alpha value is -1.31. The third-order valence-corrected chi connectivity index (χ3v) is 4.72. The van der Waals surface area contributed by atoms with Crippen molar-refractivity contribution in [2.45, 2.75) is 4.90 Å². The summed E-state index contributed by atoms with van der Waals surface area (Å²) in [5, 5.41) is 2.88. The molecule has 19 heavy (non-hydrogen) atoms. The van der Waals surface area contributed by atoms with E-state index in [1.54, 1.807) is 26.2 Å². The Morgan fingerprint density at radius 1 is 1.21 bits per heavy atom. The molecule has 0 aliphatic rings. The monoisotopic (exact) mass is 286 g/mol. The van der Waals surface area contributed by atoms with Crippen LogP contribution in [0, 0.1) is 0 Å². The van der Waals surface area contributed by atoms with Crippen LogP contribution >= 0.6 is 0 Å². The molecule has 0 aromatic heterocycles. The second-order valence-electron chi connectivity index (χ2n) is 4.64. The Morgan fingerprint density at radius 3 is 2.37 bits per heavy atom. The summed E-state index contributed by atoms with van der Waals surface area (Å²) in [6, 6.07) is 4.82. The van der Waals surface area contributed by atoms with Crippen molar-refractivity contribution < 1.29 is 8.42 Å². The van der Waals surface area contributed by atoms with E-state index in [0.717, 1.165) is 0 Å². The van der Waals surface area contributed by atoms with Crippen molar-refractivity contribution in [3.63, 3.8) is 0 Å². The normalized spacial score (nSPS) is 12.1. The van der Waals surface area contributed by atoms with Gasteiger partial charge in [-0.2, -0.15) is 4.31 Å². The maximum atomic E-state index is 12.5. The molecule has 7 heteroatoms. The van der Waals surface area contributed by atoms with Crippen molar-refractivity contribution >= 4 is 21.4 Å². The van der Waals surface area contributed by atoms with Gasteiger partial charge in [0.1, 0.15) is 4.90 Å². The molecular weight excluding hydrogens is 264 g/mol. The number of sulfonamides is 1. The number of nitrogens with zero attached hydrogens (tertiary/aromatic N) is 2. The first-order valence-corrected chi connectivity index (χ1v) is 7.41. The highest BCUT2D eigenvalue weighted by Crippen LogP contribution is 2.25. The zero-order valence-corrected chi connectivity index (χ0v) is 12.7. The molecule has 0 amide bonds. The van der Waals surface area contributed by atoms with Gasteiger partial charge in [0, 0.05) is 32.9 Å². The van der Waals surface area contributed by atoms with Crippen LogP contribution in [0.1, 0.15) is 0 Å². The molecule has 1 aromatic rings. The molecule has 3 N–H and O–H groups in total. The first-order valence-electron chi connectivity index (χ1n) is 5.97. The van der Waals surface area contributed by atoms with Gasteiger partial charge in [0.25, 0.3) is 0 Å². The van der Waals surface area contributed by atoms with E-state index in [9.17, 15) is 8.42 Å². The molecular formula is C12H22N4O2S. The number of nitrogens with two attached hydrogens (primary N) is 1. The number of hydrogen-bond donors (Lipinski definition) is 2. The molecule has 0 unspecified atom stereocenters. The highest BCUT2D eigenvalue weighted by atomic mass is 32.2. The molecule has 0 atom stereocenters. The van der Waals surface area contributed by atoms with Crippen molar-refractivity contribution in [2.75, 3.05) is 52.3 Å². The van der Waals surface area contributed by atoms with E-state index in [4.69, 9.17) is 5.73 Å². The Kier molecular flexibility index (Phi) is 5.16. The topological polar surface area (TPSA) is 78.7 Å². The van der Waals surface area contributed by atoms with E-state index in [1.165, 1.54) is 10.4 Å². The van der Waals surface area contributed by atoms with Crippen LogP contribution in [0.5, 0.6) is 0 Å². The van der Waals surface area contributed by atoms with Crippen LogP contribution in [0.2, 0.25) is 0 Å². The second-order valence-corrected chi connectivity index (χ2v) is 6.65. The highest BCUT2D eigenvalue weighted by molar-refractivity contribution is 7.89. The molecule has 6 nitrogen and oxygen atoms in total. The molecule has 0 saturated carbocycles. The first kappa shape index (κ1) is 15.7. The predicted octanol–water partition coefficient (Wildman–Crippen LogP) is 0.493. The van der Waals surface area contributed by atoms with Crippen molar-refractivity contribution in [2.24, 2.45) is 0 Å². The van der Waals surface area contributed by atoms with Gasteiger partial charge in [-0.15, -0.1) is 0 Å². The number of nitrogen functional groups attached to an aromatic ring is 1.